The highest BCUT2D eigenvalue weighted by molar-refractivity contribution is 5.72. The van der Waals surface area contributed by atoms with Gasteiger partial charge in [0.1, 0.15) is 0 Å². The van der Waals surface area contributed by atoms with Crippen molar-refractivity contribution < 1.29 is 19.8 Å². The van der Waals surface area contributed by atoms with Crippen LogP contribution in [-0.4, -0.2) is 46.5 Å². The molecule has 6 heteroatoms. The Morgan fingerprint density at radius 3 is 2.36 bits per heavy atom. The highest BCUT2D eigenvalue weighted by Gasteiger charge is 2.12. The van der Waals surface area contributed by atoms with Gasteiger partial charge in [-0.1, -0.05) is 0 Å². The molecule has 1 aromatic heterocycles. The number of aromatic nitrogens is 1. The van der Waals surface area contributed by atoms with E-state index < -0.39 is 5.97 Å². The third kappa shape index (κ3) is 2.40. The van der Waals surface area contributed by atoms with E-state index in [1.54, 1.807) is 19.0 Å². The lowest BCUT2D eigenvalue weighted by atomic mass is 10.6. The zero-order chi connectivity index (χ0) is 10.7. The molecule has 0 amide bonds. The Labute approximate surface area is 80.9 Å². The van der Waals surface area contributed by atoms with Gasteiger partial charge in [0.05, 0.1) is 6.54 Å². The lowest BCUT2D eigenvalue weighted by molar-refractivity contribution is -0.146. The second kappa shape index (κ2) is 4.01. The summed E-state index contributed by atoms with van der Waals surface area (Å²) >= 11 is 0. The Kier molecular flexibility index (Phi) is 2.98. The number of rotatable bonds is 3. The lowest BCUT2D eigenvalue weighted by Crippen LogP contribution is -2.29. The van der Waals surface area contributed by atoms with Crippen molar-refractivity contribution in [3.05, 3.63) is 12.1 Å². The second-order valence-electron chi connectivity index (χ2n) is 3.05. The summed E-state index contributed by atoms with van der Waals surface area (Å²) in [5.41, 5.74) is 0. The molecule has 0 aliphatic rings. The number of carbonyl (C=O) groups excluding carboxylic acids is 1. The minimum atomic E-state index is -0.572. The maximum Gasteiger partial charge on any atom is 0.347 e. The van der Waals surface area contributed by atoms with Crippen molar-refractivity contribution in [1.29, 1.82) is 0 Å². The molecule has 1 aromatic rings. The van der Waals surface area contributed by atoms with Gasteiger partial charge in [0.25, 0.3) is 0 Å². The monoisotopic (exact) mass is 200 g/mol. The first-order valence-corrected chi connectivity index (χ1v) is 3.96. The van der Waals surface area contributed by atoms with Gasteiger partial charge in [-0.05, 0) is 14.1 Å². The van der Waals surface area contributed by atoms with Crippen LogP contribution in [0.2, 0.25) is 0 Å². The molecule has 0 saturated heterocycles. The molecule has 0 aliphatic carbocycles. The molecular formula is C8H12N2O4. The van der Waals surface area contributed by atoms with Crippen LogP contribution in [0.15, 0.2) is 12.1 Å². The van der Waals surface area contributed by atoms with Crippen LogP contribution in [0.4, 0.5) is 0 Å². The molecule has 0 spiro atoms. The standard InChI is InChI=1S/C8H12N2O4/c1-9(2)5-8(13)14-10-6(11)3-4-7(10)12/h3-4,11-12H,5H2,1-2H3. The molecule has 0 unspecified atom stereocenters. The molecule has 1 rings (SSSR count). The fourth-order valence-electron chi connectivity index (χ4n) is 0.884. The lowest BCUT2D eigenvalue weighted by Gasteiger charge is -2.10. The average molecular weight is 200 g/mol. The Morgan fingerprint density at radius 2 is 1.93 bits per heavy atom. The van der Waals surface area contributed by atoms with E-state index in [1.165, 1.54) is 12.1 Å². The third-order valence-electron chi connectivity index (χ3n) is 1.44. The van der Waals surface area contributed by atoms with Gasteiger partial charge in [-0.2, -0.15) is 0 Å². The van der Waals surface area contributed by atoms with Crippen molar-refractivity contribution >= 4 is 5.97 Å². The van der Waals surface area contributed by atoms with Crippen molar-refractivity contribution in [3.8, 4) is 11.8 Å². The summed E-state index contributed by atoms with van der Waals surface area (Å²) in [7, 11) is 3.41. The SMILES string of the molecule is CN(C)CC(=O)On1c(O)ccc1O. The van der Waals surface area contributed by atoms with Gasteiger partial charge in [-0.25, -0.2) is 4.79 Å². The van der Waals surface area contributed by atoms with Gasteiger partial charge in [-0.15, -0.1) is 4.73 Å². The molecule has 0 saturated carbocycles. The van der Waals surface area contributed by atoms with Crippen LogP contribution in [0.25, 0.3) is 0 Å². The minimum Gasteiger partial charge on any atom is -0.492 e. The average Bonchev–Trinajstić information content (AvgIpc) is 2.34. The molecule has 6 nitrogen and oxygen atoms in total. The van der Waals surface area contributed by atoms with Crippen molar-refractivity contribution in [2.24, 2.45) is 0 Å². The van der Waals surface area contributed by atoms with E-state index in [0.717, 1.165) is 0 Å². The Balaban J connectivity index is 2.64. The van der Waals surface area contributed by atoms with Crippen molar-refractivity contribution in [2.45, 2.75) is 0 Å². The summed E-state index contributed by atoms with van der Waals surface area (Å²) in [6.07, 6.45) is 0. The molecular weight excluding hydrogens is 188 g/mol. The number of hydrogen-bond acceptors (Lipinski definition) is 5. The van der Waals surface area contributed by atoms with Crippen LogP contribution in [0, 0.1) is 0 Å². The van der Waals surface area contributed by atoms with Crippen LogP contribution in [0.1, 0.15) is 0 Å². The first-order valence-electron chi connectivity index (χ1n) is 3.96. The van der Waals surface area contributed by atoms with E-state index in [2.05, 4.69) is 4.84 Å². The zero-order valence-electron chi connectivity index (χ0n) is 7.97. The van der Waals surface area contributed by atoms with Crippen molar-refractivity contribution in [3.63, 3.8) is 0 Å². The highest BCUT2D eigenvalue weighted by atomic mass is 16.7. The van der Waals surface area contributed by atoms with E-state index in [9.17, 15) is 4.79 Å². The van der Waals surface area contributed by atoms with Crippen LogP contribution in [-0.2, 0) is 4.79 Å². The smallest absolute Gasteiger partial charge is 0.347 e. The van der Waals surface area contributed by atoms with Crippen LogP contribution >= 0.6 is 0 Å². The summed E-state index contributed by atoms with van der Waals surface area (Å²) in [6, 6.07) is 2.44. The molecule has 0 fully saturated rings. The fourth-order valence-corrected chi connectivity index (χ4v) is 0.884. The molecule has 0 aliphatic heterocycles. The predicted molar refractivity (Wildman–Crippen MR) is 47.9 cm³/mol. The first kappa shape index (κ1) is 10.4. The second-order valence-corrected chi connectivity index (χ2v) is 3.05. The van der Waals surface area contributed by atoms with E-state index in [-0.39, 0.29) is 18.3 Å². The third-order valence-corrected chi connectivity index (χ3v) is 1.44. The summed E-state index contributed by atoms with van der Waals surface area (Å²) in [6.45, 7) is 0.0665. The summed E-state index contributed by atoms with van der Waals surface area (Å²) < 4.78 is 0.659. The van der Waals surface area contributed by atoms with Crippen molar-refractivity contribution in [2.75, 3.05) is 20.6 Å². The highest BCUT2D eigenvalue weighted by Crippen LogP contribution is 2.18. The van der Waals surface area contributed by atoms with Gasteiger partial charge in [0.2, 0.25) is 11.8 Å². The Hall–Kier alpha value is -1.69. The molecule has 0 atom stereocenters. The van der Waals surface area contributed by atoms with E-state index in [0.29, 0.717) is 4.73 Å². The fraction of sp³-hybridized carbons (Fsp3) is 0.375. The molecule has 1 heterocycles. The Bertz CT molecular complexity index is 313. The van der Waals surface area contributed by atoms with Crippen molar-refractivity contribution in [1.82, 2.24) is 9.63 Å². The van der Waals surface area contributed by atoms with Gasteiger partial charge in [-0.3, -0.25) is 4.90 Å². The number of carbonyl (C=O) groups is 1. The number of nitrogens with zero attached hydrogens (tertiary/aromatic N) is 2. The predicted octanol–water partition coefficient (Wildman–Crippen LogP) is -0.584. The number of aromatic hydroxyl groups is 2. The normalized spacial score (nSPS) is 10.5. The van der Waals surface area contributed by atoms with Crippen LogP contribution in [0.3, 0.4) is 0 Å². The molecule has 2 N–H and O–H groups in total. The summed E-state index contributed by atoms with van der Waals surface area (Å²) in [5.74, 6) is -1.22. The molecule has 14 heavy (non-hydrogen) atoms. The maximum absolute atomic E-state index is 11.1. The zero-order valence-corrected chi connectivity index (χ0v) is 7.97. The summed E-state index contributed by atoms with van der Waals surface area (Å²) in [5, 5.41) is 18.3. The number of hydrogen-bond donors (Lipinski definition) is 2. The Morgan fingerprint density at radius 1 is 1.43 bits per heavy atom. The number of likely N-dealkylation sites (N-methyl/N-ethyl adjacent to an activating group) is 1. The quantitative estimate of drug-likeness (QED) is 0.682. The van der Waals surface area contributed by atoms with E-state index in [1.807, 2.05) is 0 Å². The van der Waals surface area contributed by atoms with Gasteiger partial charge in [0, 0.05) is 12.1 Å². The molecule has 0 radical (unpaired) electrons. The van der Waals surface area contributed by atoms with E-state index >= 15 is 0 Å². The van der Waals surface area contributed by atoms with Gasteiger partial charge >= 0.3 is 5.97 Å². The van der Waals surface area contributed by atoms with E-state index in [4.69, 9.17) is 10.2 Å². The minimum absolute atomic E-state index is 0.0665. The largest absolute Gasteiger partial charge is 0.492 e. The van der Waals surface area contributed by atoms with Gasteiger partial charge < -0.3 is 15.1 Å². The summed E-state index contributed by atoms with van der Waals surface area (Å²) in [4.78, 5) is 17.4. The topological polar surface area (TPSA) is 74.9 Å². The first-order chi connectivity index (χ1) is 6.50. The maximum atomic E-state index is 11.1. The van der Waals surface area contributed by atoms with Crippen LogP contribution < -0.4 is 4.84 Å². The van der Waals surface area contributed by atoms with Gasteiger partial charge in [0.15, 0.2) is 0 Å². The molecule has 78 valence electrons. The molecule has 0 aromatic carbocycles. The van der Waals surface area contributed by atoms with Crippen LogP contribution in [0.5, 0.6) is 11.8 Å². The molecule has 0 bridgehead atoms.